The lowest BCUT2D eigenvalue weighted by molar-refractivity contribution is -0.121. The summed E-state index contributed by atoms with van der Waals surface area (Å²) in [7, 11) is 0. The fraction of sp³-hybridized carbons (Fsp3) is 0.909. The molecule has 76 valence electrons. The fourth-order valence-corrected chi connectivity index (χ4v) is 2.09. The van der Waals surface area contributed by atoms with E-state index in [0.717, 1.165) is 38.9 Å². The van der Waals surface area contributed by atoms with Crippen LogP contribution in [0.1, 0.15) is 39.5 Å². The van der Waals surface area contributed by atoms with Crippen LogP contribution in [0.5, 0.6) is 0 Å². The summed E-state index contributed by atoms with van der Waals surface area (Å²) in [6.07, 6.45) is 4.26. The van der Waals surface area contributed by atoms with Crippen molar-refractivity contribution in [2.75, 3.05) is 19.6 Å². The highest BCUT2D eigenvalue weighted by Crippen LogP contribution is 2.22. The highest BCUT2D eigenvalue weighted by Gasteiger charge is 2.25. The molecule has 0 saturated heterocycles. The molecule has 0 bridgehead atoms. The topological polar surface area (TPSA) is 20.3 Å². The number of rotatable bonds is 5. The Labute approximate surface area is 81.3 Å². The number of Topliss-reactive ketones (excluding diaryl/α,β-unsaturated/α-hetero) is 1. The van der Waals surface area contributed by atoms with Crippen molar-refractivity contribution in [3.8, 4) is 0 Å². The minimum atomic E-state index is 0.353. The second-order valence-corrected chi connectivity index (χ2v) is 3.95. The SMILES string of the molecule is CCCN(CC)CC1CCCC1=O. The van der Waals surface area contributed by atoms with Crippen LogP contribution in [0.15, 0.2) is 0 Å². The summed E-state index contributed by atoms with van der Waals surface area (Å²) in [5.74, 6) is 0.848. The van der Waals surface area contributed by atoms with E-state index in [0.29, 0.717) is 11.7 Å². The van der Waals surface area contributed by atoms with Crippen LogP contribution in [0.25, 0.3) is 0 Å². The van der Waals surface area contributed by atoms with Gasteiger partial charge in [0.25, 0.3) is 0 Å². The van der Waals surface area contributed by atoms with Crippen LogP contribution < -0.4 is 0 Å². The van der Waals surface area contributed by atoms with E-state index < -0.39 is 0 Å². The number of ketones is 1. The van der Waals surface area contributed by atoms with Crippen molar-refractivity contribution in [2.24, 2.45) is 5.92 Å². The maximum absolute atomic E-state index is 11.4. The van der Waals surface area contributed by atoms with Crippen molar-refractivity contribution in [1.82, 2.24) is 4.90 Å². The van der Waals surface area contributed by atoms with E-state index in [2.05, 4.69) is 18.7 Å². The molecule has 0 amide bonds. The van der Waals surface area contributed by atoms with Crippen LogP contribution in [-0.2, 0) is 4.79 Å². The fourth-order valence-electron chi connectivity index (χ4n) is 2.09. The van der Waals surface area contributed by atoms with Gasteiger partial charge in [-0.2, -0.15) is 0 Å². The van der Waals surface area contributed by atoms with Gasteiger partial charge >= 0.3 is 0 Å². The first-order chi connectivity index (χ1) is 6.27. The molecule has 1 unspecified atom stereocenters. The zero-order chi connectivity index (χ0) is 9.68. The van der Waals surface area contributed by atoms with Crippen molar-refractivity contribution >= 4 is 5.78 Å². The minimum Gasteiger partial charge on any atom is -0.303 e. The molecule has 13 heavy (non-hydrogen) atoms. The first kappa shape index (κ1) is 10.7. The first-order valence-electron chi connectivity index (χ1n) is 5.53. The van der Waals surface area contributed by atoms with Gasteiger partial charge in [-0.1, -0.05) is 13.8 Å². The molecular weight excluding hydrogens is 162 g/mol. The maximum Gasteiger partial charge on any atom is 0.137 e. The summed E-state index contributed by atoms with van der Waals surface area (Å²) in [5, 5.41) is 0. The van der Waals surface area contributed by atoms with E-state index in [-0.39, 0.29) is 0 Å². The average Bonchev–Trinajstić information content (AvgIpc) is 2.51. The van der Waals surface area contributed by atoms with Crippen LogP contribution in [-0.4, -0.2) is 30.3 Å². The van der Waals surface area contributed by atoms with E-state index in [1.165, 1.54) is 6.42 Å². The van der Waals surface area contributed by atoms with E-state index in [1.54, 1.807) is 0 Å². The van der Waals surface area contributed by atoms with Crippen molar-refractivity contribution in [3.05, 3.63) is 0 Å². The van der Waals surface area contributed by atoms with Gasteiger partial charge in [0.1, 0.15) is 5.78 Å². The van der Waals surface area contributed by atoms with Gasteiger partial charge < -0.3 is 4.90 Å². The molecule has 1 aliphatic rings. The summed E-state index contributed by atoms with van der Waals surface area (Å²) in [6, 6.07) is 0. The maximum atomic E-state index is 11.4. The Morgan fingerprint density at radius 3 is 2.69 bits per heavy atom. The Bertz CT molecular complexity index is 167. The van der Waals surface area contributed by atoms with Crippen LogP contribution in [0.2, 0.25) is 0 Å². The van der Waals surface area contributed by atoms with Crippen LogP contribution in [0.4, 0.5) is 0 Å². The van der Waals surface area contributed by atoms with Gasteiger partial charge in [-0.05, 0) is 32.4 Å². The van der Waals surface area contributed by atoms with Gasteiger partial charge in [0.15, 0.2) is 0 Å². The summed E-state index contributed by atoms with van der Waals surface area (Å²) in [4.78, 5) is 13.8. The van der Waals surface area contributed by atoms with Crippen LogP contribution in [0.3, 0.4) is 0 Å². The predicted molar refractivity (Wildman–Crippen MR) is 54.8 cm³/mol. The molecule has 1 aliphatic carbocycles. The quantitative estimate of drug-likeness (QED) is 0.650. The molecule has 1 saturated carbocycles. The first-order valence-corrected chi connectivity index (χ1v) is 5.53. The highest BCUT2D eigenvalue weighted by molar-refractivity contribution is 5.83. The summed E-state index contributed by atoms with van der Waals surface area (Å²) in [6.45, 7) is 7.59. The van der Waals surface area contributed by atoms with Crippen molar-refractivity contribution in [1.29, 1.82) is 0 Å². The molecule has 0 aromatic carbocycles. The predicted octanol–water partition coefficient (Wildman–Crippen LogP) is 2.09. The molecule has 0 spiro atoms. The third kappa shape index (κ3) is 3.11. The Hall–Kier alpha value is -0.370. The molecule has 0 aromatic rings. The molecule has 2 heteroatoms. The molecule has 1 rings (SSSR count). The van der Waals surface area contributed by atoms with Crippen molar-refractivity contribution in [2.45, 2.75) is 39.5 Å². The molecule has 1 atom stereocenters. The van der Waals surface area contributed by atoms with E-state index in [9.17, 15) is 4.79 Å². The van der Waals surface area contributed by atoms with Crippen molar-refractivity contribution < 1.29 is 4.79 Å². The van der Waals surface area contributed by atoms with E-state index in [1.807, 2.05) is 0 Å². The van der Waals surface area contributed by atoms with E-state index in [4.69, 9.17) is 0 Å². The Morgan fingerprint density at radius 2 is 2.23 bits per heavy atom. The smallest absolute Gasteiger partial charge is 0.137 e. The average molecular weight is 183 g/mol. The monoisotopic (exact) mass is 183 g/mol. The summed E-state index contributed by atoms with van der Waals surface area (Å²) < 4.78 is 0. The van der Waals surface area contributed by atoms with Crippen LogP contribution in [0, 0.1) is 5.92 Å². The highest BCUT2D eigenvalue weighted by atomic mass is 16.1. The summed E-state index contributed by atoms with van der Waals surface area (Å²) in [5.41, 5.74) is 0. The van der Waals surface area contributed by atoms with Crippen molar-refractivity contribution in [3.63, 3.8) is 0 Å². The number of carbonyl (C=O) groups excluding carboxylic acids is 1. The van der Waals surface area contributed by atoms with E-state index >= 15 is 0 Å². The number of nitrogens with zero attached hydrogens (tertiary/aromatic N) is 1. The Balaban J connectivity index is 2.31. The molecule has 0 aromatic heterocycles. The normalized spacial score (nSPS) is 23.0. The zero-order valence-electron chi connectivity index (χ0n) is 8.88. The second-order valence-electron chi connectivity index (χ2n) is 3.95. The molecule has 0 N–H and O–H groups in total. The zero-order valence-corrected chi connectivity index (χ0v) is 8.88. The van der Waals surface area contributed by atoms with Gasteiger partial charge in [0, 0.05) is 18.9 Å². The van der Waals surface area contributed by atoms with Gasteiger partial charge in [-0.25, -0.2) is 0 Å². The molecular formula is C11H21NO. The molecule has 2 nitrogen and oxygen atoms in total. The Morgan fingerprint density at radius 1 is 1.46 bits per heavy atom. The standard InChI is InChI=1S/C11H21NO/c1-3-8-12(4-2)9-10-6-5-7-11(10)13/h10H,3-9H2,1-2H3. The summed E-state index contributed by atoms with van der Waals surface area (Å²) >= 11 is 0. The lowest BCUT2D eigenvalue weighted by atomic mass is 10.1. The molecule has 0 heterocycles. The number of hydrogen-bond donors (Lipinski definition) is 0. The minimum absolute atomic E-state index is 0.353. The third-order valence-electron chi connectivity index (χ3n) is 2.90. The largest absolute Gasteiger partial charge is 0.303 e. The van der Waals surface area contributed by atoms with Gasteiger partial charge in [0.2, 0.25) is 0 Å². The van der Waals surface area contributed by atoms with Gasteiger partial charge in [-0.15, -0.1) is 0 Å². The number of hydrogen-bond acceptors (Lipinski definition) is 2. The lowest BCUT2D eigenvalue weighted by Crippen LogP contribution is -2.31. The second kappa shape index (κ2) is 5.38. The molecule has 0 radical (unpaired) electrons. The van der Waals surface area contributed by atoms with Gasteiger partial charge in [0.05, 0.1) is 0 Å². The van der Waals surface area contributed by atoms with Crippen LogP contribution >= 0.6 is 0 Å². The van der Waals surface area contributed by atoms with Gasteiger partial charge in [-0.3, -0.25) is 4.79 Å². The molecule has 1 fully saturated rings. The molecule has 0 aliphatic heterocycles. The third-order valence-corrected chi connectivity index (χ3v) is 2.90. The Kier molecular flexibility index (Phi) is 4.43. The lowest BCUT2D eigenvalue weighted by Gasteiger charge is -2.22. The number of carbonyl (C=O) groups is 1.